The standard InChI is InChI=1S/C14H18FN5OS2/c1-22-7-6-12-18-19-14(20(12)16)23-9-13(21)17-8-10-2-4-11(15)5-3-10/h2-5H,6-9,16H2,1H3,(H,17,21). The number of nitrogens with one attached hydrogen (secondary N) is 1. The molecule has 0 unspecified atom stereocenters. The lowest BCUT2D eigenvalue weighted by Crippen LogP contribution is -2.25. The fourth-order valence-corrected chi connectivity index (χ4v) is 2.85. The molecule has 3 N–H and O–H groups in total. The zero-order chi connectivity index (χ0) is 16.7. The summed E-state index contributed by atoms with van der Waals surface area (Å²) in [5.41, 5.74) is 0.839. The molecule has 2 rings (SSSR count). The summed E-state index contributed by atoms with van der Waals surface area (Å²) < 4.78 is 14.2. The summed E-state index contributed by atoms with van der Waals surface area (Å²) in [6.07, 6.45) is 2.75. The minimum absolute atomic E-state index is 0.145. The molecule has 2 aromatic rings. The normalized spacial score (nSPS) is 10.7. The molecule has 0 fully saturated rings. The number of amides is 1. The van der Waals surface area contributed by atoms with E-state index in [0.717, 1.165) is 17.7 Å². The Bertz CT molecular complexity index is 647. The number of aryl methyl sites for hydroxylation is 1. The number of halogens is 1. The first-order valence-electron chi connectivity index (χ1n) is 6.92. The highest BCUT2D eigenvalue weighted by atomic mass is 32.2. The van der Waals surface area contributed by atoms with Crippen LogP contribution in [0.4, 0.5) is 4.39 Å². The maximum absolute atomic E-state index is 12.8. The molecule has 9 heteroatoms. The highest BCUT2D eigenvalue weighted by Crippen LogP contribution is 2.15. The number of nitrogen functional groups attached to an aromatic ring is 1. The van der Waals surface area contributed by atoms with Crippen LogP contribution in [0.5, 0.6) is 0 Å². The van der Waals surface area contributed by atoms with E-state index in [2.05, 4.69) is 15.5 Å². The molecule has 0 saturated carbocycles. The number of aromatic nitrogens is 3. The molecule has 6 nitrogen and oxygen atoms in total. The molecule has 0 spiro atoms. The predicted molar refractivity (Wildman–Crippen MR) is 91.2 cm³/mol. The van der Waals surface area contributed by atoms with Crippen molar-refractivity contribution in [3.05, 3.63) is 41.5 Å². The highest BCUT2D eigenvalue weighted by molar-refractivity contribution is 7.99. The molecule has 124 valence electrons. The number of nitrogens with two attached hydrogens (primary N) is 1. The van der Waals surface area contributed by atoms with Gasteiger partial charge in [0.15, 0.2) is 5.82 Å². The number of nitrogens with zero attached hydrogens (tertiary/aromatic N) is 3. The first-order chi connectivity index (χ1) is 11.1. The van der Waals surface area contributed by atoms with Crippen LogP contribution in [0.25, 0.3) is 0 Å². The summed E-state index contributed by atoms with van der Waals surface area (Å²) in [7, 11) is 0. The van der Waals surface area contributed by atoms with Gasteiger partial charge in [0, 0.05) is 18.7 Å². The average molecular weight is 355 g/mol. The van der Waals surface area contributed by atoms with Gasteiger partial charge in [-0.05, 0) is 24.0 Å². The van der Waals surface area contributed by atoms with E-state index in [1.165, 1.54) is 28.6 Å². The van der Waals surface area contributed by atoms with Crippen LogP contribution in [0, 0.1) is 5.82 Å². The molecule has 0 saturated heterocycles. The maximum atomic E-state index is 12.8. The average Bonchev–Trinajstić information content (AvgIpc) is 2.90. The Hall–Kier alpha value is -1.74. The van der Waals surface area contributed by atoms with Gasteiger partial charge in [-0.2, -0.15) is 11.8 Å². The van der Waals surface area contributed by atoms with E-state index in [4.69, 9.17) is 5.84 Å². The van der Waals surface area contributed by atoms with Crippen LogP contribution in [0.1, 0.15) is 11.4 Å². The van der Waals surface area contributed by atoms with Crippen molar-refractivity contribution in [2.24, 2.45) is 0 Å². The van der Waals surface area contributed by atoms with Crippen molar-refractivity contribution in [3.8, 4) is 0 Å². The molecular weight excluding hydrogens is 337 g/mol. The second-order valence-electron chi connectivity index (χ2n) is 4.70. The van der Waals surface area contributed by atoms with E-state index in [1.54, 1.807) is 23.9 Å². The van der Waals surface area contributed by atoms with E-state index in [-0.39, 0.29) is 17.5 Å². The monoisotopic (exact) mass is 355 g/mol. The Morgan fingerprint density at radius 1 is 1.35 bits per heavy atom. The minimum atomic E-state index is -0.296. The van der Waals surface area contributed by atoms with Gasteiger partial charge in [0.1, 0.15) is 5.82 Å². The zero-order valence-electron chi connectivity index (χ0n) is 12.7. The number of hydrogen-bond acceptors (Lipinski definition) is 6. The highest BCUT2D eigenvalue weighted by Gasteiger charge is 2.11. The molecule has 0 aliphatic carbocycles. The van der Waals surface area contributed by atoms with Gasteiger partial charge >= 0.3 is 0 Å². The number of benzene rings is 1. The van der Waals surface area contributed by atoms with Crippen molar-refractivity contribution < 1.29 is 9.18 Å². The van der Waals surface area contributed by atoms with Crippen LogP contribution in [0.3, 0.4) is 0 Å². The van der Waals surface area contributed by atoms with Crippen LogP contribution in [-0.4, -0.2) is 38.5 Å². The van der Waals surface area contributed by atoms with Crippen LogP contribution < -0.4 is 11.2 Å². The summed E-state index contributed by atoms with van der Waals surface area (Å²) in [5.74, 6) is 7.27. The quantitative estimate of drug-likeness (QED) is 0.551. The number of carbonyl (C=O) groups excluding carboxylic acids is 1. The Kier molecular flexibility index (Phi) is 6.72. The van der Waals surface area contributed by atoms with Gasteiger partial charge in [0.05, 0.1) is 5.75 Å². The summed E-state index contributed by atoms with van der Waals surface area (Å²) in [5, 5.41) is 11.3. The fourth-order valence-electron chi connectivity index (χ4n) is 1.75. The molecule has 1 aromatic carbocycles. The van der Waals surface area contributed by atoms with Gasteiger partial charge in [-0.15, -0.1) is 10.2 Å². The van der Waals surface area contributed by atoms with E-state index >= 15 is 0 Å². The summed E-state index contributed by atoms with van der Waals surface area (Å²) in [6, 6.07) is 6.00. The van der Waals surface area contributed by atoms with Crippen LogP contribution in [0.2, 0.25) is 0 Å². The van der Waals surface area contributed by atoms with Crippen molar-refractivity contribution in [3.63, 3.8) is 0 Å². The second-order valence-corrected chi connectivity index (χ2v) is 6.63. The van der Waals surface area contributed by atoms with Gasteiger partial charge in [-0.1, -0.05) is 23.9 Å². The lowest BCUT2D eigenvalue weighted by molar-refractivity contribution is -0.118. The third-order valence-electron chi connectivity index (χ3n) is 3.00. The third-order valence-corrected chi connectivity index (χ3v) is 4.56. The largest absolute Gasteiger partial charge is 0.351 e. The first-order valence-corrected chi connectivity index (χ1v) is 9.30. The molecule has 23 heavy (non-hydrogen) atoms. The summed E-state index contributed by atoms with van der Waals surface area (Å²) >= 11 is 2.94. The Labute approximate surface area is 142 Å². The van der Waals surface area contributed by atoms with Crippen molar-refractivity contribution in [2.45, 2.75) is 18.1 Å². The maximum Gasteiger partial charge on any atom is 0.230 e. The van der Waals surface area contributed by atoms with E-state index in [1.807, 2.05) is 6.26 Å². The van der Waals surface area contributed by atoms with Gasteiger partial charge in [0.25, 0.3) is 0 Å². The van der Waals surface area contributed by atoms with Gasteiger partial charge in [-0.3, -0.25) is 4.79 Å². The van der Waals surface area contributed by atoms with E-state index in [0.29, 0.717) is 17.5 Å². The molecule has 0 aliphatic rings. The lowest BCUT2D eigenvalue weighted by Gasteiger charge is -2.05. The molecule has 1 amide bonds. The Morgan fingerprint density at radius 2 is 2.09 bits per heavy atom. The lowest BCUT2D eigenvalue weighted by atomic mass is 10.2. The smallest absolute Gasteiger partial charge is 0.230 e. The van der Waals surface area contributed by atoms with Crippen molar-refractivity contribution >= 4 is 29.4 Å². The second kappa shape index (κ2) is 8.78. The molecule has 1 aromatic heterocycles. The predicted octanol–water partition coefficient (Wildman–Crippen LogP) is 1.45. The Balaban J connectivity index is 1.78. The molecule has 0 bridgehead atoms. The van der Waals surface area contributed by atoms with E-state index < -0.39 is 0 Å². The molecular formula is C14H18FN5OS2. The van der Waals surface area contributed by atoms with Gasteiger partial charge in [-0.25, -0.2) is 9.07 Å². The number of hydrogen-bond donors (Lipinski definition) is 2. The molecule has 0 radical (unpaired) electrons. The van der Waals surface area contributed by atoms with Crippen LogP contribution in [-0.2, 0) is 17.8 Å². The molecule has 1 heterocycles. The van der Waals surface area contributed by atoms with Crippen molar-refractivity contribution in [1.82, 2.24) is 20.2 Å². The molecule has 0 atom stereocenters. The van der Waals surface area contributed by atoms with Gasteiger partial charge in [0.2, 0.25) is 11.1 Å². The SMILES string of the molecule is CSCCc1nnc(SCC(=O)NCc2ccc(F)cc2)n1N. The fraction of sp³-hybridized carbons (Fsp3) is 0.357. The molecule has 0 aliphatic heterocycles. The number of thioether (sulfide) groups is 2. The van der Waals surface area contributed by atoms with Gasteiger partial charge < -0.3 is 11.2 Å². The minimum Gasteiger partial charge on any atom is -0.351 e. The van der Waals surface area contributed by atoms with E-state index in [9.17, 15) is 9.18 Å². The van der Waals surface area contributed by atoms with Crippen molar-refractivity contribution in [2.75, 3.05) is 23.6 Å². The van der Waals surface area contributed by atoms with Crippen molar-refractivity contribution in [1.29, 1.82) is 0 Å². The summed E-state index contributed by atoms with van der Waals surface area (Å²) in [4.78, 5) is 11.8. The Morgan fingerprint density at radius 3 is 2.78 bits per heavy atom. The zero-order valence-corrected chi connectivity index (χ0v) is 14.3. The number of rotatable bonds is 8. The van der Waals surface area contributed by atoms with Crippen LogP contribution in [0.15, 0.2) is 29.4 Å². The third kappa shape index (κ3) is 5.43. The van der Waals surface area contributed by atoms with Crippen LogP contribution >= 0.6 is 23.5 Å². The topological polar surface area (TPSA) is 85.8 Å². The first kappa shape index (κ1) is 17.6. The number of carbonyl (C=O) groups is 1. The summed E-state index contributed by atoms with van der Waals surface area (Å²) in [6.45, 7) is 0.355.